The van der Waals surface area contributed by atoms with Crippen molar-refractivity contribution in [3.63, 3.8) is 0 Å². The Hall–Kier alpha value is -1.60. The zero-order valence-electron chi connectivity index (χ0n) is 13.3. The summed E-state index contributed by atoms with van der Waals surface area (Å²) in [5.74, 6) is 0.1000. The van der Waals surface area contributed by atoms with E-state index in [0.29, 0.717) is 43.9 Å². The van der Waals surface area contributed by atoms with Crippen molar-refractivity contribution in [3.8, 4) is 0 Å². The second-order valence-corrected chi connectivity index (χ2v) is 8.09. The predicted octanol–water partition coefficient (Wildman–Crippen LogP) is 1.48. The van der Waals surface area contributed by atoms with Gasteiger partial charge in [-0.25, -0.2) is 8.42 Å². The van der Waals surface area contributed by atoms with E-state index < -0.39 is 10.0 Å². The van der Waals surface area contributed by atoms with Crippen LogP contribution in [0.2, 0.25) is 0 Å². The normalized spacial score (nSPS) is 24.5. The summed E-state index contributed by atoms with van der Waals surface area (Å²) in [4.78, 5) is 14.4. The van der Waals surface area contributed by atoms with Crippen LogP contribution in [0.4, 0.5) is 5.69 Å². The summed E-state index contributed by atoms with van der Waals surface area (Å²) >= 11 is 0. The molecule has 7 heteroatoms. The van der Waals surface area contributed by atoms with E-state index in [2.05, 4.69) is 0 Å². The van der Waals surface area contributed by atoms with Crippen molar-refractivity contribution < 1.29 is 17.9 Å². The van der Waals surface area contributed by atoms with Crippen LogP contribution in [-0.2, 0) is 14.8 Å². The van der Waals surface area contributed by atoms with E-state index in [-0.39, 0.29) is 17.8 Å². The molecule has 126 valence electrons. The Morgan fingerprint density at radius 3 is 2.83 bits per heavy atom. The van der Waals surface area contributed by atoms with Gasteiger partial charge in [-0.15, -0.1) is 0 Å². The fourth-order valence-corrected chi connectivity index (χ4v) is 4.69. The minimum atomic E-state index is -3.26. The van der Waals surface area contributed by atoms with E-state index in [4.69, 9.17) is 4.74 Å². The van der Waals surface area contributed by atoms with Crippen LogP contribution in [0, 0.1) is 0 Å². The standard InChI is InChI=1S/C16H22N2O4S/c1-13-12-17(8-9-22-13)16(19)14-5-4-6-15(11-14)18-7-2-3-10-23(18,20)21/h4-6,11,13H,2-3,7-10,12H2,1H3. The topological polar surface area (TPSA) is 66.9 Å². The minimum absolute atomic E-state index is 0.0263. The molecule has 0 spiro atoms. The number of ether oxygens (including phenoxy) is 1. The number of amides is 1. The third kappa shape index (κ3) is 3.50. The number of carbonyl (C=O) groups is 1. The molecule has 1 unspecified atom stereocenters. The Bertz CT molecular complexity index is 689. The van der Waals surface area contributed by atoms with E-state index >= 15 is 0 Å². The van der Waals surface area contributed by atoms with Gasteiger partial charge in [-0.3, -0.25) is 9.10 Å². The van der Waals surface area contributed by atoms with E-state index in [1.807, 2.05) is 6.92 Å². The maximum Gasteiger partial charge on any atom is 0.254 e. The third-order valence-electron chi connectivity index (χ3n) is 4.26. The SMILES string of the molecule is CC1CN(C(=O)c2cccc(N3CCCCS3(=O)=O)c2)CCO1. The van der Waals surface area contributed by atoms with Crippen molar-refractivity contribution in [1.29, 1.82) is 0 Å². The van der Waals surface area contributed by atoms with E-state index in [1.54, 1.807) is 29.2 Å². The van der Waals surface area contributed by atoms with Crippen molar-refractivity contribution in [2.24, 2.45) is 0 Å². The lowest BCUT2D eigenvalue weighted by molar-refractivity contribution is -0.0124. The lowest BCUT2D eigenvalue weighted by Gasteiger charge is -2.32. The van der Waals surface area contributed by atoms with E-state index in [9.17, 15) is 13.2 Å². The molecule has 1 aromatic carbocycles. The van der Waals surface area contributed by atoms with Gasteiger partial charge >= 0.3 is 0 Å². The summed E-state index contributed by atoms with van der Waals surface area (Å²) in [6, 6.07) is 6.92. The highest BCUT2D eigenvalue weighted by atomic mass is 32.2. The number of hydrogen-bond donors (Lipinski definition) is 0. The molecule has 2 heterocycles. The average Bonchev–Trinajstić information content (AvgIpc) is 2.54. The van der Waals surface area contributed by atoms with Gasteiger partial charge in [0.25, 0.3) is 5.91 Å². The van der Waals surface area contributed by atoms with Gasteiger partial charge in [-0.1, -0.05) is 6.07 Å². The number of nitrogens with zero attached hydrogens (tertiary/aromatic N) is 2. The van der Waals surface area contributed by atoms with Crippen LogP contribution in [0.1, 0.15) is 30.1 Å². The second-order valence-electron chi connectivity index (χ2n) is 6.08. The summed E-state index contributed by atoms with van der Waals surface area (Å²) in [5.41, 5.74) is 1.11. The molecule has 1 aromatic rings. The fraction of sp³-hybridized carbons (Fsp3) is 0.562. The summed E-state index contributed by atoms with van der Waals surface area (Å²) in [6.45, 7) is 4.08. The molecule has 1 amide bonds. The van der Waals surface area contributed by atoms with Crippen molar-refractivity contribution in [2.45, 2.75) is 25.9 Å². The molecular weight excluding hydrogens is 316 g/mol. The van der Waals surface area contributed by atoms with Crippen LogP contribution < -0.4 is 4.31 Å². The highest BCUT2D eigenvalue weighted by molar-refractivity contribution is 7.92. The average molecular weight is 338 g/mol. The lowest BCUT2D eigenvalue weighted by Crippen LogP contribution is -2.44. The van der Waals surface area contributed by atoms with Crippen LogP contribution in [0.5, 0.6) is 0 Å². The Morgan fingerprint density at radius 2 is 2.09 bits per heavy atom. The first-order chi connectivity index (χ1) is 11.0. The maximum absolute atomic E-state index is 12.6. The molecule has 2 aliphatic heterocycles. The molecule has 6 nitrogen and oxygen atoms in total. The first kappa shape index (κ1) is 16.3. The van der Waals surface area contributed by atoms with Crippen LogP contribution in [-0.4, -0.2) is 57.3 Å². The highest BCUT2D eigenvalue weighted by Gasteiger charge is 2.27. The molecule has 3 rings (SSSR count). The Labute approximate surface area is 137 Å². The molecule has 1 atom stereocenters. The largest absolute Gasteiger partial charge is 0.375 e. The van der Waals surface area contributed by atoms with Crippen molar-refractivity contribution >= 4 is 21.6 Å². The van der Waals surface area contributed by atoms with E-state index in [0.717, 1.165) is 6.42 Å². The first-order valence-electron chi connectivity index (χ1n) is 7.99. The van der Waals surface area contributed by atoms with Gasteiger partial charge in [-0.2, -0.15) is 0 Å². The molecule has 0 N–H and O–H groups in total. The quantitative estimate of drug-likeness (QED) is 0.819. The molecule has 2 fully saturated rings. The smallest absolute Gasteiger partial charge is 0.254 e. The van der Waals surface area contributed by atoms with Crippen LogP contribution >= 0.6 is 0 Å². The zero-order chi connectivity index (χ0) is 16.4. The zero-order valence-corrected chi connectivity index (χ0v) is 14.1. The van der Waals surface area contributed by atoms with Gasteiger partial charge in [0.15, 0.2) is 0 Å². The minimum Gasteiger partial charge on any atom is -0.375 e. The summed E-state index contributed by atoms with van der Waals surface area (Å²) in [5, 5.41) is 0. The molecule has 23 heavy (non-hydrogen) atoms. The molecule has 0 saturated carbocycles. The van der Waals surface area contributed by atoms with Crippen LogP contribution in [0.15, 0.2) is 24.3 Å². The van der Waals surface area contributed by atoms with Gasteiger partial charge in [0.2, 0.25) is 10.0 Å². The number of benzene rings is 1. The van der Waals surface area contributed by atoms with Gasteiger partial charge in [-0.05, 0) is 38.0 Å². The van der Waals surface area contributed by atoms with Crippen molar-refractivity contribution in [2.75, 3.05) is 36.3 Å². The number of carbonyl (C=O) groups excluding carboxylic acids is 1. The number of anilines is 1. The number of morpholine rings is 1. The van der Waals surface area contributed by atoms with Crippen LogP contribution in [0.3, 0.4) is 0 Å². The number of sulfonamides is 1. The number of hydrogen-bond acceptors (Lipinski definition) is 4. The van der Waals surface area contributed by atoms with E-state index in [1.165, 1.54) is 4.31 Å². The van der Waals surface area contributed by atoms with Gasteiger partial charge < -0.3 is 9.64 Å². The monoisotopic (exact) mass is 338 g/mol. The molecule has 0 bridgehead atoms. The fourth-order valence-electron chi connectivity index (χ4n) is 3.06. The lowest BCUT2D eigenvalue weighted by atomic mass is 10.1. The summed E-state index contributed by atoms with van der Waals surface area (Å²) in [7, 11) is -3.26. The second kappa shape index (κ2) is 6.49. The third-order valence-corrected chi connectivity index (χ3v) is 6.13. The molecule has 2 saturated heterocycles. The highest BCUT2D eigenvalue weighted by Crippen LogP contribution is 2.25. The molecule has 2 aliphatic rings. The van der Waals surface area contributed by atoms with Gasteiger partial charge in [0.1, 0.15) is 0 Å². The predicted molar refractivity (Wildman–Crippen MR) is 88.1 cm³/mol. The Kier molecular flexibility index (Phi) is 4.59. The number of rotatable bonds is 2. The van der Waals surface area contributed by atoms with Crippen molar-refractivity contribution in [3.05, 3.63) is 29.8 Å². The maximum atomic E-state index is 12.6. The molecular formula is C16H22N2O4S. The van der Waals surface area contributed by atoms with Crippen LogP contribution in [0.25, 0.3) is 0 Å². The van der Waals surface area contributed by atoms with Gasteiger partial charge in [0.05, 0.1) is 24.2 Å². The Balaban J connectivity index is 1.83. The first-order valence-corrected chi connectivity index (χ1v) is 9.60. The molecule has 0 aromatic heterocycles. The summed E-state index contributed by atoms with van der Waals surface area (Å²) in [6.07, 6.45) is 1.57. The molecule has 0 aliphatic carbocycles. The van der Waals surface area contributed by atoms with Gasteiger partial charge in [0, 0.05) is 25.2 Å². The Morgan fingerprint density at radius 1 is 1.26 bits per heavy atom. The molecule has 0 radical (unpaired) electrons. The van der Waals surface area contributed by atoms with Crippen molar-refractivity contribution in [1.82, 2.24) is 4.90 Å². The summed E-state index contributed by atoms with van der Waals surface area (Å²) < 4.78 is 31.3.